The van der Waals surface area contributed by atoms with E-state index in [1.807, 2.05) is 80.6 Å². The van der Waals surface area contributed by atoms with E-state index in [2.05, 4.69) is 50.2 Å². The number of imidazole rings is 2. The first-order chi connectivity index (χ1) is 32.3. The van der Waals surface area contributed by atoms with Gasteiger partial charge >= 0.3 is 23.3 Å². The molecule has 0 fully saturated rings. The topological polar surface area (TPSA) is 158 Å². The molecular formula is C51H47BrClN5O7S2. The number of rotatable bonds is 16. The first kappa shape index (κ1) is 47.2. The molecule has 0 aliphatic carbocycles. The molecule has 3 N–H and O–H groups in total. The first-order valence-electron chi connectivity index (χ1n) is 21.8. The molecule has 0 aliphatic rings. The van der Waals surface area contributed by atoms with Crippen molar-refractivity contribution in [2.45, 2.75) is 71.6 Å². The fourth-order valence-corrected chi connectivity index (χ4v) is 11.3. The van der Waals surface area contributed by atoms with Crippen LogP contribution in [0.2, 0.25) is 5.02 Å². The Morgan fingerprint density at radius 2 is 1.43 bits per heavy atom. The number of carbonyl (C=O) groups is 3. The molecule has 1 unspecified atom stereocenters. The molecular weight excluding hydrogens is 974 g/mol. The number of fused-ring (bicyclic) bond motifs is 4. The van der Waals surface area contributed by atoms with Gasteiger partial charge in [0.05, 0.1) is 48.0 Å². The molecule has 12 nitrogen and oxygen atoms in total. The average Bonchev–Trinajstić information content (AvgIpc) is 4.05. The number of hydrogen-bond acceptors (Lipinski definition) is 7. The Kier molecular flexibility index (Phi) is 14.6. The van der Waals surface area contributed by atoms with Gasteiger partial charge in [-0.1, -0.05) is 83.3 Å². The SMILES string of the molecule is CCCC(CC(=O)O)n1c(=O)n(Cc2csc3ccc(Br)cc23)c2ccccc21.Cc1cccc2scc(Cn3c(=O)n(CCC(=O)O)c4cc(C(=O)NCCc5ccccc5Cl)ccc43)c12. The molecule has 9 rings (SSSR count). The Morgan fingerprint density at radius 3 is 2.19 bits per heavy atom. The third-order valence-corrected chi connectivity index (χ3v) is 14.8. The Balaban J connectivity index is 0.000000188. The third kappa shape index (κ3) is 10.2. The zero-order valence-corrected chi connectivity index (χ0v) is 40.7. The number of benzene rings is 5. The number of para-hydroxylation sites is 2. The molecule has 1 atom stereocenters. The maximum Gasteiger partial charge on any atom is 0.329 e. The van der Waals surface area contributed by atoms with Crippen LogP contribution in [0, 0.1) is 6.92 Å². The minimum atomic E-state index is -0.995. The second-order valence-electron chi connectivity index (χ2n) is 16.3. The van der Waals surface area contributed by atoms with E-state index in [0.717, 1.165) is 59.7 Å². The molecule has 0 bridgehead atoms. The van der Waals surface area contributed by atoms with Gasteiger partial charge in [0.25, 0.3) is 5.91 Å². The van der Waals surface area contributed by atoms with Crippen LogP contribution in [-0.4, -0.2) is 52.9 Å². The smallest absolute Gasteiger partial charge is 0.329 e. The molecule has 0 radical (unpaired) electrons. The highest BCUT2D eigenvalue weighted by molar-refractivity contribution is 9.10. The fraction of sp³-hybridized carbons (Fsp3) is 0.235. The molecule has 5 aromatic carbocycles. The molecule has 0 saturated heterocycles. The number of thiophene rings is 2. The minimum Gasteiger partial charge on any atom is -0.481 e. The van der Waals surface area contributed by atoms with Crippen molar-refractivity contribution in [3.05, 3.63) is 172 Å². The maximum atomic E-state index is 13.5. The molecule has 344 valence electrons. The maximum absolute atomic E-state index is 13.5. The van der Waals surface area contributed by atoms with Crippen molar-refractivity contribution in [3.8, 4) is 0 Å². The number of carbonyl (C=O) groups excluding carboxylic acids is 1. The molecule has 0 aliphatic heterocycles. The summed E-state index contributed by atoms with van der Waals surface area (Å²) in [6, 6.07) is 32.2. The van der Waals surface area contributed by atoms with Crippen molar-refractivity contribution in [1.82, 2.24) is 23.6 Å². The van der Waals surface area contributed by atoms with Crippen LogP contribution in [-0.2, 0) is 35.6 Å². The molecule has 4 aromatic heterocycles. The van der Waals surface area contributed by atoms with Crippen LogP contribution in [0.25, 0.3) is 42.2 Å². The normalized spacial score (nSPS) is 11.9. The molecule has 4 heterocycles. The van der Waals surface area contributed by atoms with Crippen LogP contribution in [0.3, 0.4) is 0 Å². The average molecular weight is 1020 g/mol. The number of nitrogens with zero attached hydrogens (tertiary/aromatic N) is 4. The summed E-state index contributed by atoms with van der Waals surface area (Å²) in [7, 11) is 0. The molecule has 0 saturated carbocycles. The Bertz CT molecular complexity index is 3440. The number of halogens is 2. The first-order valence-corrected chi connectivity index (χ1v) is 24.7. The largest absolute Gasteiger partial charge is 0.481 e. The fourth-order valence-electron chi connectivity index (χ4n) is 8.72. The number of hydrogen-bond donors (Lipinski definition) is 3. The van der Waals surface area contributed by atoms with Crippen LogP contribution in [0.1, 0.15) is 71.3 Å². The number of amides is 1. The molecule has 0 spiro atoms. The lowest BCUT2D eigenvalue weighted by molar-refractivity contribution is -0.138. The molecule has 67 heavy (non-hydrogen) atoms. The van der Waals surface area contributed by atoms with Crippen molar-refractivity contribution >= 4 is 110 Å². The monoisotopic (exact) mass is 1020 g/mol. The zero-order valence-electron chi connectivity index (χ0n) is 36.7. The van der Waals surface area contributed by atoms with Gasteiger partial charge in [-0.15, -0.1) is 22.7 Å². The minimum absolute atomic E-state index is 0.0126. The molecule has 9 aromatic rings. The predicted octanol–water partition coefficient (Wildman–Crippen LogP) is 11.1. The summed E-state index contributed by atoms with van der Waals surface area (Å²) < 4.78 is 9.88. The Labute approximate surface area is 406 Å². The van der Waals surface area contributed by atoms with Gasteiger partial charge < -0.3 is 15.5 Å². The lowest BCUT2D eigenvalue weighted by Gasteiger charge is -2.15. The van der Waals surface area contributed by atoms with Gasteiger partial charge in [0.2, 0.25) is 0 Å². The van der Waals surface area contributed by atoms with Gasteiger partial charge in [-0.3, -0.25) is 32.7 Å². The van der Waals surface area contributed by atoms with Crippen LogP contribution in [0.15, 0.2) is 128 Å². The Morgan fingerprint density at radius 1 is 0.731 bits per heavy atom. The van der Waals surface area contributed by atoms with Crippen molar-refractivity contribution in [2.24, 2.45) is 0 Å². The summed E-state index contributed by atoms with van der Waals surface area (Å²) in [4.78, 5) is 62.6. The number of carboxylic acids is 2. The highest BCUT2D eigenvalue weighted by atomic mass is 79.9. The van der Waals surface area contributed by atoms with Gasteiger partial charge in [-0.05, 0) is 119 Å². The number of aliphatic carboxylic acids is 2. The van der Waals surface area contributed by atoms with Crippen LogP contribution < -0.4 is 16.7 Å². The van der Waals surface area contributed by atoms with E-state index >= 15 is 0 Å². The lowest BCUT2D eigenvalue weighted by atomic mass is 10.1. The second kappa shape index (κ2) is 20.7. The summed E-state index contributed by atoms with van der Waals surface area (Å²) in [5, 5.41) is 28.6. The standard InChI is InChI=1S/C29H26ClN3O4S.C22H21BrN2O3S/c1-18-5-4-8-25-27(18)21(17-38-25)16-33-23-10-9-20(15-24(23)32(29(33)37)14-12-26(34)35)28(36)31-13-11-19-6-2-3-7-22(19)30;1-2-5-16(11-21(26)27)25-19-7-4-3-6-18(19)24(22(25)28)12-14-13-29-20-9-8-15(23)10-17(14)20/h2-10,15,17H,11-14,16H2,1H3,(H,31,36)(H,34,35);3-4,6-10,13,16H,2,5,11-12H2,1H3,(H,26,27). The van der Waals surface area contributed by atoms with Gasteiger partial charge in [0.1, 0.15) is 0 Å². The quantitative estimate of drug-likeness (QED) is 0.0869. The Hall–Kier alpha value is -6.26. The van der Waals surface area contributed by atoms with Crippen LogP contribution >= 0.6 is 50.2 Å². The van der Waals surface area contributed by atoms with Crippen LogP contribution in [0.4, 0.5) is 0 Å². The summed E-state index contributed by atoms with van der Waals surface area (Å²) in [5.74, 6) is -2.16. The summed E-state index contributed by atoms with van der Waals surface area (Å²) in [6.07, 6.45) is 1.78. The number of aryl methyl sites for hydroxylation is 2. The van der Waals surface area contributed by atoms with E-state index in [1.165, 1.54) is 9.27 Å². The van der Waals surface area contributed by atoms with Gasteiger partial charge in [-0.25, -0.2) is 9.59 Å². The summed E-state index contributed by atoms with van der Waals surface area (Å²) in [5.41, 5.74) is 6.95. The molecule has 16 heteroatoms. The van der Waals surface area contributed by atoms with E-state index in [0.29, 0.717) is 54.1 Å². The number of nitrogens with one attached hydrogen (secondary N) is 1. The highest BCUT2D eigenvalue weighted by Crippen LogP contribution is 2.32. The van der Waals surface area contributed by atoms with E-state index < -0.39 is 11.9 Å². The number of aromatic nitrogens is 4. The van der Waals surface area contributed by atoms with Crippen molar-refractivity contribution in [2.75, 3.05) is 6.54 Å². The lowest BCUT2D eigenvalue weighted by Crippen LogP contribution is -2.29. The van der Waals surface area contributed by atoms with Crippen molar-refractivity contribution < 1.29 is 24.6 Å². The number of carboxylic acid groups (broad SMARTS) is 2. The van der Waals surface area contributed by atoms with Gasteiger partial charge in [0.15, 0.2) is 0 Å². The third-order valence-electron chi connectivity index (χ3n) is 11.9. The predicted molar refractivity (Wildman–Crippen MR) is 273 cm³/mol. The summed E-state index contributed by atoms with van der Waals surface area (Å²) >= 11 is 13.0. The molecule has 1 amide bonds. The van der Waals surface area contributed by atoms with Crippen molar-refractivity contribution in [1.29, 1.82) is 0 Å². The van der Waals surface area contributed by atoms with E-state index in [9.17, 15) is 34.2 Å². The highest BCUT2D eigenvalue weighted by Gasteiger charge is 2.23. The van der Waals surface area contributed by atoms with Crippen molar-refractivity contribution in [3.63, 3.8) is 0 Å². The van der Waals surface area contributed by atoms with Crippen LogP contribution in [0.5, 0.6) is 0 Å². The van der Waals surface area contributed by atoms with E-state index in [1.54, 1.807) is 54.6 Å². The van der Waals surface area contributed by atoms with E-state index in [4.69, 9.17) is 11.6 Å². The zero-order chi connectivity index (χ0) is 47.4. The van der Waals surface area contributed by atoms with E-state index in [-0.39, 0.29) is 42.7 Å². The van der Waals surface area contributed by atoms with Gasteiger partial charge in [-0.2, -0.15) is 0 Å². The summed E-state index contributed by atoms with van der Waals surface area (Å²) in [6.45, 7) is 5.28. The second-order valence-corrected chi connectivity index (χ2v) is 19.5. The van der Waals surface area contributed by atoms with Gasteiger partial charge in [0, 0.05) is 49.0 Å².